The average Bonchev–Trinajstić information content (AvgIpc) is 2.55. The van der Waals surface area contributed by atoms with Gasteiger partial charge in [-0.2, -0.15) is 5.26 Å². The number of anilines is 1. The summed E-state index contributed by atoms with van der Waals surface area (Å²) in [7, 11) is 0. The highest BCUT2D eigenvalue weighted by molar-refractivity contribution is 5.50. The molecule has 106 valence electrons. The Balaban J connectivity index is 1.74. The molecule has 2 heterocycles. The Morgan fingerprint density at radius 2 is 1.86 bits per heavy atom. The van der Waals surface area contributed by atoms with Gasteiger partial charge in [-0.1, -0.05) is 24.3 Å². The Hall–Kier alpha value is -2.41. The fourth-order valence-corrected chi connectivity index (χ4v) is 3.09. The van der Waals surface area contributed by atoms with E-state index >= 15 is 0 Å². The molecule has 0 atom stereocenters. The van der Waals surface area contributed by atoms with Crippen LogP contribution in [0.15, 0.2) is 36.7 Å². The standard InChI is InChI=1S/C17H18N4/c1-13-4-2-3-5-15(13)14-6-10-21(11-7-14)17-16(12-18)19-8-9-20-17/h2-5,8-9,14H,6-7,10-11H2,1H3. The molecule has 4 nitrogen and oxygen atoms in total. The van der Waals surface area contributed by atoms with E-state index in [-0.39, 0.29) is 0 Å². The summed E-state index contributed by atoms with van der Waals surface area (Å²) in [6.45, 7) is 4.02. The number of rotatable bonds is 2. The Labute approximate surface area is 125 Å². The highest BCUT2D eigenvalue weighted by atomic mass is 15.2. The van der Waals surface area contributed by atoms with Gasteiger partial charge in [0.2, 0.25) is 0 Å². The monoisotopic (exact) mass is 278 g/mol. The lowest BCUT2D eigenvalue weighted by atomic mass is 9.87. The first-order valence-electron chi connectivity index (χ1n) is 7.31. The van der Waals surface area contributed by atoms with Crippen molar-refractivity contribution in [3.63, 3.8) is 0 Å². The third-order valence-electron chi connectivity index (χ3n) is 4.21. The molecule has 1 aromatic heterocycles. The minimum atomic E-state index is 0.423. The molecule has 1 aromatic carbocycles. The molecule has 1 aliphatic rings. The summed E-state index contributed by atoms with van der Waals surface area (Å²) in [6.07, 6.45) is 5.41. The molecule has 0 saturated carbocycles. The third-order valence-corrected chi connectivity index (χ3v) is 4.21. The van der Waals surface area contributed by atoms with E-state index in [0.717, 1.165) is 31.7 Å². The minimum absolute atomic E-state index is 0.423. The van der Waals surface area contributed by atoms with Crippen molar-refractivity contribution in [1.82, 2.24) is 9.97 Å². The van der Waals surface area contributed by atoms with Gasteiger partial charge in [0.05, 0.1) is 0 Å². The zero-order chi connectivity index (χ0) is 14.7. The van der Waals surface area contributed by atoms with Gasteiger partial charge in [0.1, 0.15) is 6.07 Å². The fourth-order valence-electron chi connectivity index (χ4n) is 3.09. The first-order chi connectivity index (χ1) is 10.3. The molecular formula is C17H18N4. The molecule has 0 unspecified atom stereocenters. The highest BCUT2D eigenvalue weighted by Crippen LogP contribution is 2.31. The lowest BCUT2D eigenvalue weighted by Crippen LogP contribution is -2.34. The molecule has 0 radical (unpaired) electrons. The number of piperidine rings is 1. The van der Waals surface area contributed by atoms with E-state index in [0.29, 0.717) is 11.6 Å². The zero-order valence-corrected chi connectivity index (χ0v) is 12.2. The molecule has 1 saturated heterocycles. The number of nitriles is 1. The fraction of sp³-hybridized carbons (Fsp3) is 0.353. The van der Waals surface area contributed by atoms with Crippen LogP contribution in [0, 0.1) is 18.3 Å². The number of hydrogen-bond donors (Lipinski definition) is 0. The van der Waals surface area contributed by atoms with Crippen molar-refractivity contribution in [2.45, 2.75) is 25.7 Å². The smallest absolute Gasteiger partial charge is 0.183 e. The van der Waals surface area contributed by atoms with Crippen LogP contribution in [-0.4, -0.2) is 23.1 Å². The van der Waals surface area contributed by atoms with E-state index in [1.807, 2.05) is 0 Å². The Kier molecular flexibility index (Phi) is 3.83. The van der Waals surface area contributed by atoms with Gasteiger partial charge in [-0.05, 0) is 36.8 Å². The number of benzene rings is 1. The average molecular weight is 278 g/mol. The first-order valence-corrected chi connectivity index (χ1v) is 7.31. The number of aryl methyl sites for hydroxylation is 1. The molecule has 2 aromatic rings. The topological polar surface area (TPSA) is 52.8 Å². The van der Waals surface area contributed by atoms with Gasteiger partial charge in [0, 0.05) is 25.5 Å². The van der Waals surface area contributed by atoms with Gasteiger partial charge in [-0.25, -0.2) is 9.97 Å². The van der Waals surface area contributed by atoms with Crippen molar-refractivity contribution < 1.29 is 0 Å². The molecular weight excluding hydrogens is 260 g/mol. The van der Waals surface area contributed by atoms with Crippen molar-refractivity contribution >= 4 is 5.82 Å². The number of hydrogen-bond acceptors (Lipinski definition) is 4. The molecule has 0 spiro atoms. The SMILES string of the molecule is Cc1ccccc1C1CCN(c2nccnc2C#N)CC1. The van der Waals surface area contributed by atoms with Gasteiger partial charge in [0.15, 0.2) is 11.5 Å². The van der Waals surface area contributed by atoms with Crippen molar-refractivity contribution in [2.24, 2.45) is 0 Å². The van der Waals surface area contributed by atoms with E-state index in [9.17, 15) is 0 Å². The van der Waals surface area contributed by atoms with Crippen molar-refractivity contribution in [3.8, 4) is 6.07 Å². The summed E-state index contributed by atoms with van der Waals surface area (Å²) in [6, 6.07) is 10.7. The van der Waals surface area contributed by atoms with Crippen molar-refractivity contribution in [1.29, 1.82) is 5.26 Å². The number of nitrogens with zero attached hydrogens (tertiary/aromatic N) is 4. The Bertz CT molecular complexity index is 666. The van der Waals surface area contributed by atoms with Crippen LogP contribution in [0.5, 0.6) is 0 Å². The lowest BCUT2D eigenvalue weighted by molar-refractivity contribution is 0.500. The van der Waals surface area contributed by atoms with Crippen LogP contribution >= 0.6 is 0 Å². The molecule has 1 fully saturated rings. The van der Waals surface area contributed by atoms with Gasteiger partial charge in [0.25, 0.3) is 0 Å². The van der Waals surface area contributed by atoms with Crippen LogP contribution in [0.1, 0.15) is 35.6 Å². The maximum atomic E-state index is 9.14. The quantitative estimate of drug-likeness (QED) is 0.847. The van der Waals surface area contributed by atoms with Crippen LogP contribution in [0.25, 0.3) is 0 Å². The van der Waals surface area contributed by atoms with Crippen molar-refractivity contribution in [3.05, 3.63) is 53.5 Å². The molecule has 21 heavy (non-hydrogen) atoms. The van der Waals surface area contributed by atoms with Crippen LogP contribution < -0.4 is 4.90 Å². The highest BCUT2D eigenvalue weighted by Gasteiger charge is 2.24. The molecule has 0 aliphatic carbocycles. The predicted octanol–water partition coefficient (Wildman–Crippen LogP) is 3.04. The van der Waals surface area contributed by atoms with E-state index in [2.05, 4.69) is 52.1 Å². The summed E-state index contributed by atoms with van der Waals surface area (Å²) < 4.78 is 0. The normalized spacial score (nSPS) is 15.7. The van der Waals surface area contributed by atoms with Crippen LogP contribution in [0.2, 0.25) is 0 Å². The summed E-state index contributed by atoms with van der Waals surface area (Å²) in [5.41, 5.74) is 3.25. The maximum absolute atomic E-state index is 9.14. The van der Waals surface area contributed by atoms with Gasteiger partial charge in [-0.15, -0.1) is 0 Å². The van der Waals surface area contributed by atoms with Gasteiger partial charge >= 0.3 is 0 Å². The van der Waals surface area contributed by atoms with Crippen molar-refractivity contribution in [2.75, 3.05) is 18.0 Å². The van der Waals surface area contributed by atoms with Crippen LogP contribution in [-0.2, 0) is 0 Å². The minimum Gasteiger partial charge on any atom is -0.354 e. The maximum Gasteiger partial charge on any atom is 0.183 e. The van der Waals surface area contributed by atoms with Crippen LogP contribution in [0.4, 0.5) is 5.82 Å². The summed E-state index contributed by atoms with van der Waals surface area (Å²) in [4.78, 5) is 10.6. The number of aromatic nitrogens is 2. The molecule has 3 rings (SSSR count). The lowest BCUT2D eigenvalue weighted by Gasteiger charge is -2.33. The van der Waals surface area contributed by atoms with Gasteiger partial charge in [-0.3, -0.25) is 0 Å². The second kappa shape index (κ2) is 5.92. The summed E-state index contributed by atoms with van der Waals surface area (Å²) >= 11 is 0. The summed E-state index contributed by atoms with van der Waals surface area (Å²) in [5, 5.41) is 9.14. The van der Waals surface area contributed by atoms with E-state index in [1.165, 1.54) is 11.1 Å². The van der Waals surface area contributed by atoms with E-state index < -0.39 is 0 Å². The summed E-state index contributed by atoms with van der Waals surface area (Å²) in [5.74, 6) is 1.33. The van der Waals surface area contributed by atoms with Crippen LogP contribution in [0.3, 0.4) is 0 Å². The molecule has 0 amide bonds. The van der Waals surface area contributed by atoms with Gasteiger partial charge < -0.3 is 4.90 Å². The largest absolute Gasteiger partial charge is 0.354 e. The Morgan fingerprint density at radius 3 is 2.57 bits per heavy atom. The Morgan fingerprint density at radius 1 is 1.14 bits per heavy atom. The first kappa shape index (κ1) is 13.6. The molecule has 1 aliphatic heterocycles. The predicted molar refractivity (Wildman–Crippen MR) is 82.1 cm³/mol. The zero-order valence-electron chi connectivity index (χ0n) is 12.2. The second-order valence-corrected chi connectivity index (χ2v) is 5.46. The second-order valence-electron chi connectivity index (χ2n) is 5.46. The van der Waals surface area contributed by atoms with E-state index in [4.69, 9.17) is 5.26 Å². The molecule has 4 heteroatoms. The molecule has 0 N–H and O–H groups in total. The molecule has 0 bridgehead atoms. The van der Waals surface area contributed by atoms with E-state index in [1.54, 1.807) is 12.4 Å². The third kappa shape index (κ3) is 2.73.